The number of likely N-dealkylation sites (N-methyl/N-ethyl adjacent to an activating group) is 1. The van der Waals surface area contributed by atoms with Gasteiger partial charge in [-0.3, -0.25) is 4.79 Å². The summed E-state index contributed by atoms with van der Waals surface area (Å²) in [5.41, 5.74) is -0.421. The molecule has 1 amide bonds. The lowest BCUT2D eigenvalue weighted by Crippen LogP contribution is -2.25. The van der Waals surface area contributed by atoms with Crippen molar-refractivity contribution >= 4 is 11.9 Å². The van der Waals surface area contributed by atoms with Crippen LogP contribution in [-0.2, 0) is 14.3 Å². The van der Waals surface area contributed by atoms with Gasteiger partial charge >= 0.3 is 5.97 Å². The van der Waals surface area contributed by atoms with E-state index in [-0.39, 0.29) is 0 Å². The van der Waals surface area contributed by atoms with Crippen molar-refractivity contribution in [3.05, 3.63) is 11.8 Å². The highest BCUT2D eigenvalue weighted by atomic mass is 16.5. The van der Waals surface area contributed by atoms with Crippen LogP contribution >= 0.6 is 0 Å². The molecule has 5 heteroatoms. The highest BCUT2D eigenvalue weighted by molar-refractivity contribution is 6.15. The third-order valence-electron chi connectivity index (χ3n) is 1.01. The molecular weight excluding hydrogens is 150 g/mol. The number of amides is 1. The summed E-state index contributed by atoms with van der Waals surface area (Å²) in [6, 6.07) is 0. The van der Waals surface area contributed by atoms with Crippen LogP contribution in [0.25, 0.3) is 0 Å². The van der Waals surface area contributed by atoms with Crippen LogP contribution in [0.15, 0.2) is 11.8 Å². The van der Waals surface area contributed by atoms with E-state index in [1.807, 2.05) is 0 Å². The second-order valence-electron chi connectivity index (χ2n) is 1.61. The van der Waals surface area contributed by atoms with Gasteiger partial charge in [-0.25, -0.2) is 4.79 Å². The summed E-state index contributed by atoms with van der Waals surface area (Å²) in [4.78, 5) is 21.3. The zero-order chi connectivity index (χ0) is 8.85. The molecule has 2 N–H and O–H groups in total. The third kappa shape index (κ3) is 2.29. The Labute approximate surface area is 63.7 Å². The second-order valence-corrected chi connectivity index (χ2v) is 1.61. The molecule has 0 rings (SSSR count). The first-order chi connectivity index (χ1) is 5.17. The number of carbonyl (C=O) groups is 2. The van der Waals surface area contributed by atoms with Crippen molar-refractivity contribution in [1.29, 1.82) is 0 Å². The maximum atomic E-state index is 10.7. The number of rotatable bonds is 2. The van der Waals surface area contributed by atoms with Gasteiger partial charge in [-0.1, -0.05) is 0 Å². The number of aliphatic hydroxyl groups is 1. The van der Waals surface area contributed by atoms with Crippen LogP contribution in [-0.4, -0.2) is 31.1 Å². The number of hydrogen-bond acceptors (Lipinski definition) is 4. The van der Waals surface area contributed by atoms with Crippen molar-refractivity contribution in [1.82, 2.24) is 5.32 Å². The number of hydrogen-bond donors (Lipinski definition) is 2. The molecule has 5 nitrogen and oxygen atoms in total. The van der Waals surface area contributed by atoms with Crippen molar-refractivity contribution in [3.63, 3.8) is 0 Å². The number of esters is 1. The van der Waals surface area contributed by atoms with Crippen LogP contribution in [0.1, 0.15) is 0 Å². The van der Waals surface area contributed by atoms with E-state index in [9.17, 15) is 9.59 Å². The Morgan fingerprint density at radius 1 is 1.55 bits per heavy atom. The molecule has 11 heavy (non-hydrogen) atoms. The van der Waals surface area contributed by atoms with E-state index < -0.39 is 17.4 Å². The first-order valence-corrected chi connectivity index (χ1v) is 2.82. The molecular formula is C6H9NO4. The fourth-order valence-corrected chi connectivity index (χ4v) is 0.449. The predicted octanol–water partition coefficient (Wildman–Crippen LogP) is -0.653. The number of ether oxygens (including phenoxy) is 1. The van der Waals surface area contributed by atoms with Crippen molar-refractivity contribution in [2.45, 2.75) is 0 Å². The van der Waals surface area contributed by atoms with E-state index in [1.165, 1.54) is 7.05 Å². The molecule has 0 unspecified atom stereocenters. The third-order valence-corrected chi connectivity index (χ3v) is 1.01. The van der Waals surface area contributed by atoms with Gasteiger partial charge in [0.2, 0.25) is 0 Å². The molecule has 0 aromatic rings. The minimum absolute atomic E-state index is 0.407. The standard InChI is InChI=1S/C6H9NO4/c1-7-5(9)4(3-8)6(10)11-2/h3,8H,1-2H3,(H,7,9)/b4-3-. The Morgan fingerprint density at radius 2 is 2.09 bits per heavy atom. The highest BCUT2D eigenvalue weighted by Crippen LogP contribution is 1.94. The normalized spacial score (nSPS) is 10.5. The number of carbonyl (C=O) groups excluding carboxylic acids is 2. The summed E-state index contributed by atoms with van der Waals surface area (Å²) in [6.07, 6.45) is 0.407. The molecule has 0 fully saturated rings. The first-order valence-electron chi connectivity index (χ1n) is 2.82. The van der Waals surface area contributed by atoms with Crippen molar-refractivity contribution in [2.24, 2.45) is 0 Å². The smallest absolute Gasteiger partial charge is 0.346 e. The SMILES string of the molecule is CNC(=O)/C(=C/O)C(=O)OC. The highest BCUT2D eigenvalue weighted by Gasteiger charge is 2.17. The van der Waals surface area contributed by atoms with Gasteiger partial charge in [0.15, 0.2) is 5.57 Å². The molecule has 0 aliphatic heterocycles. The molecule has 0 aliphatic carbocycles. The molecule has 0 saturated heterocycles. The van der Waals surface area contributed by atoms with Crippen LogP contribution in [0.5, 0.6) is 0 Å². The average molecular weight is 159 g/mol. The van der Waals surface area contributed by atoms with E-state index in [4.69, 9.17) is 5.11 Å². The summed E-state index contributed by atoms with van der Waals surface area (Å²) in [7, 11) is 2.46. The molecule has 0 bridgehead atoms. The Kier molecular flexibility index (Phi) is 3.72. The largest absolute Gasteiger partial charge is 0.514 e. The maximum absolute atomic E-state index is 10.7. The average Bonchev–Trinajstić information content (AvgIpc) is 2.05. The molecule has 0 aliphatic rings. The van der Waals surface area contributed by atoms with Gasteiger partial charge in [-0.05, 0) is 0 Å². The second kappa shape index (κ2) is 4.32. The number of methoxy groups -OCH3 is 1. The number of nitrogens with one attached hydrogen (secondary N) is 1. The van der Waals surface area contributed by atoms with Gasteiger partial charge in [0.25, 0.3) is 5.91 Å². The van der Waals surface area contributed by atoms with E-state index in [0.717, 1.165) is 7.11 Å². The molecule has 0 aromatic carbocycles. The molecule has 62 valence electrons. The van der Waals surface area contributed by atoms with Gasteiger partial charge in [0, 0.05) is 7.05 Å². The van der Waals surface area contributed by atoms with E-state index in [2.05, 4.69) is 10.1 Å². The minimum Gasteiger partial charge on any atom is -0.514 e. The Bertz CT molecular complexity index is 179. The van der Waals surface area contributed by atoms with Gasteiger partial charge in [0.1, 0.15) is 0 Å². The first kappa shape index (κ1) is 9.48. The molecule has 0 aromatic heterocycles. The molecule has 0 spiro atoms. The fourth-order valence-electron chi connectivity index (χ4n) is 0.449. The van der Waals surface area contributed by atoms with E-state index in [1.54, 1.807) is 0 Å². The van der Waals surface area contributed by atoms with Crippen LogP contribution < -0.4 is 5.32 Å². The van der Waals surface area contributed by atoms with Gasteiger partial charge in [-0.15, -0.1) is 0 Å². The lowest BCUT2D eigenvalue weighted by atomic mass is 10.3. The van der Waals surface area contributed by atoms with E-state index >= 15 is 0 Å². The summed E-state index contributed by atoms with van der Waals surface area (Å²) in [6.45, 7) is 0. The zero-order valence-electron chi connectivity index (χ0n) is 6.25. The number of aliphatic hydroxyl groups excluding tert-OH is 1. The Hall–Kier alpha value is -1.52. The molecule has 0 saturated carbocycles. The Morgan fingerprint density at radius 3 is 2.36 bits per heavy atom. The molecule has 0 heterocycles. The van der Waals surface area contributed by atoms with Crippen LogP contribution in [0.3, 0.4) is 0 Å². The topological polar surface area (TPSA) is 75.6 Å². The molecule has 0 atom stereocenters. The van der Waals surface area contributed by atoms with Gasteiger partial charge in [-0.2, -0.15) is 0 Å². The van der Waals surface area contributed by atoms with Gasteiger partial charge in [0.05, 0.1) is 13.4 Å². The van der Waals surface area contributed by atoms with Crippen molar-refractivity contribution in [3.8, 4) is 0 Å². The quantitative estimate of drug-likeness (QED) is 0.184. The summed E-state index contributed by atoms with van der Waals surface area (Å²) in [5, 5.41) is 10.6. The summed E-state index contributed by atoms with van der Waals surface area (Å²) < 4.78 is 4.20. The van der Waals surface area contributed by atoms with Gasteiger partial charge < -0.3 is 15.2 Å². The lowest BCUT2D eigenvalue weighted by Gasteiger charge is -2.00. The monoisotopic (exact) mass is 159 g/mol. The van der Waals surface area contributed by atoms with Crippen LogP contribution in [0.2, 0.25) is 0 Å². The fraction of sp³-hybridized carbons (Fsp3) is 0.333. The lowest BCUT2D eigenvalue weighted by molar-refractivity contribution is -0.138. The Balaban J connectivity index is 4.43. The molecule has 0 radical (unpaired) electrons. The van der Waals surface area contributed by atoms with Crippen LogP contribution in [0, 0.1) is 0 Å². The minimum atomic E-state index is -0.869. The summed E-state index contributed by atoms with van der Waals surface area (Å²) >= 11 is 0. The van der Waals surface area contributed by atoms with Crippen LogP contribution in [0.4, 0.5) is 0 Å². The summed E-state index contributed by atoms with van der Waals surface area (Å²) in [5.74, 6) is -1.55. The van der Waals surface area contributed by atoms with E-state index in [0.29, 0.717) is 6.26 Å². The predicted molar refractivity (Wildman–Crippen MR) is 36.8 cm³/mol. The maximum Gasteiger partial charge on any atom is 0.346 e. The van der Waals surface area contributed by atoms with Crippen molar-refractivity contribution < 1.29 is 19.4 Å². The van der Waals surface area contributed by atoms with Crippen molar-refractivity contribution in [2.75, 3.05) is 14.2 Å². The zero-order valence-corrected chi connectivity index (χ0v) is 6.25.